The number of carbonyl (C=O) groups excluding carboxylic acids is 1. The van der Waals surface area contributed by atoms with E-state index < -0.39 is 11.9 Å². The van der Waals surface area contributed by atoms with Gasteiger partial charge in [-0.15, -0.1) is 0 Å². The first-order valence-corrected chi connectivity index (χ1v) is 5.59. The Morgan fingerprint density at radius 1 is 1.44 bits per heavy atom. The fourth-order valence-corrected chi connectivity index (χ4v) is 1.18. The van der Waals surface area contributed by atoms with Crippen LogP contribution in [0.3, 0.4) is 0 Å². The minimum absolute atomic E-state index is 0.319. The standard InChI is InChI=1S/C10H16N4O4/c1-7(9(15)16)2-4-11-10(17)12-5-3-8-13-6-14-18-8/h6-7H,2-5H2,1H3,(H,15,16)(H2,11,12,17). The molecule has 0 aliphatic carbocycles. The molecule has 1 aromatic heterocycles. The summed E-state index contributed by atoms with van der Waals surface area (Å²) in [6.07, 6.45) is 2.15. The highest BCUT2D eigenvalue weighted by Gasteiger charge is 2.10. The van der Waals surface area contributed by atoms with E-state index in [0.29, 0.717) is 31.8 Å². The molecule has 0 saturated heterocycles. The van der Waals surface area contributed by atoms with E-state index in [4.69, 9.17) is 9.63 Å². The van der Waals surface area contributed by atoms with Crippen LogP contribution in [0.1, 0.15) is 19.2 Å². The number of hydrogen-bond acceptors (Lipinski definition) is 5. The van der Waals surface area contributed by atoms with E-state index in [9.17, 15) is 9.59 Å². The predicted molar refractivity (Wildman–Crippen MR) is 60.8 cm³/mol. The average Bonchev–Trinajstić information content (AvgIpc) is 2.81. The third kappa shape index (κ3) is 5.28. The normalized spacial score (nSPS) is 11.8. The second-order valence-electron chi connectivity index (χ2n) is 3.80. The van der Waals surface area contributed by atoms with Gasteiger partial charge < -0.3 is 20.3 Å². The SMILES string of the molecule is CC(CCNC(=O)NCCc1ncno1)C(=O)O. The molecule has 1 heterocycles. The molecular formula is C10H16N4O4. The number of urea groups is 1. The van der Waals surface area contributed by atoms with Crippen LogP contribution in [0, 0.1) is 5.92 Å². The molecule has 1 rings (SSSR count). The van der Waals surface area contributed by atoms with Crippen molar-refractivity contribution in [2.24, 2.45) is 5.92 Å². The molecule has 8 heteroatoms. The Bertz CT molecular complexity index is 379. The van der Waals surface area contributed by atoms with Crippen molar-refractivity contribution in [3.05, 3.63) is 12.2 Å². The molecule has 0 aliphatic rings. The summed E-state index contributed by atoms with van der Waals surface area (Å²) in [5, 5.41) is 17.2. The van der Waals surface area contributed by atoms with Gasteiger partial charge in [0.2, 0.25) is 5.89 Å². The van der Waals surface area contributed by atoms with Crippen molar-refractivity contribution in [2.45, 2.75) is 19.8 Å². The minimum Gasteiger partial charge on any atom is -0.481 e. The van der Waals surface area contributed by atoms with Gasteiger partial charge in [-0.25, -0.2) is 4.79 Å². The van der Waals surface area contributed by atoms with Crippen LogP contribution in [0.2, 0.25) is 0 Å². The number of carbonyl (C=O) groups is 2. The van der Waals surface area contributed by atoms with Crippen molar-refractivity contribution in [1.82, 2.24) is 20.8 Å². The molecule has 0 radical (unpaired) electrons. The molecule has 0 saturated carbocycles. The highest BCUT2D eigenvalue weighted by atomic mass is 16.5. The Balaban J connectivity index is 2.05. The van der Waals surface area contributed by atoms with Gasteiger partial charge in [-0.1, -0.05) is 12.1 Å². The van der Waals surface area contributed by atoms with Crippen LogP contribution in [0.5, 0.6) is 0 Å². The molecular weight excluding hydrogens is 240 g/mol. The number of hydrogen-bond donors (Lipinski definition) is 3. The fraction of sp³-hybridized carbons (Fsp3) is 0.600. The van der Waals surface area contributed by atoms with E-state index in [1.807, 2.05) is 0 Å². The zero-order valence-electron chi connectivity index (χ0n) is 10.0. The number of nitrogens with zero attached hydrogens (tertiary/aromatic N) is 2. The molecule has 2 amide bonds. The number of amides is 2. The van der Waals surface area contributed by atoms with Gasteiger partial charge in [-0.05, 0) is 6.42 Å². The maximum Gasteiger partial charge on any atom is 0.314 e. The van der Waals surface area contributed by atoms with Crippen molar-refractivity contribution in [1.29, 1.82) is 0 Å². The molecule has 1 aromatic rings. The molecule has 0 fully saturated rings. The van der Waals surface area contributed by atoms with Crippen LogP contribution in [-0.2, 0) is 11.2 Å². The van der Waals surface area contributed by atoms with Gasteiger partial charge in [-0.3, -0.25) is 4.79 Å². The van der Waals surface area contributed by atoms with Crippen molar-refractivity contribution in [3.63, 3.8) is 0 Å². The van der Waals surface area contributed by atoms with Crippen LogP contribution < -0.4 is 10.6 Å². The highest BCUT2D eigenvalue weighted by molar-refractivity contribution is 5.74. The summed E-state index contributed by atoms with van der Waals surface area (Å²) in [4.78, 5) is 25.6. The second kappa shape index (κ2) is 7.25. The monoisotopic (exact) mass is 256 g/mol. The Kier molecular flexibility index (Phi) is 5.62. The van der Waals surface area contributed by atoms with Gasteiger partial charge >= 0.3 is 12.0 Å². The summed E-state index contributed by atoms with van der Waals surface area (Å²) in [5.74, 6) is -0.882. The summed E-state index contributed by atoms with van der Waals surface area (Å²) in [7, 11) is 0. The molecule has 100 valence electrons. The van der Waals surface area contributed by atoms with Gasteiger partial charge in [0.05, 0.1) is 5.92 Å². The van der Waals surface area contributed by atoms with Gasteiger partial charge in [0, 0.05) is 19.5 Å². The van der Waals surface area contributed by atoms with Crippen LogP contribution in [-0.4, -0.2) is 40.3 Å². The molecule has 0 aromatic carbocycles. The lowest BCUT2D eigenvalue weighted by Gasteiger charge is -2.08. The topological polar surface area (TPSA) is 117 Å². The summed E-state index contributed by atoms with van der Waals surface area (Å²) in [6, 6.07) is -0.341. The first-order chi connectivity index (χ1) is 8.59. The van der Waals surface area contributed by atoms with E-state index in [2.05, 4.69) is 20.8 Å². The summed E-state index contributed by atoms with van der Waals surface area (Å²) < 4.78 is 4.76. The molecule has 1 atom stereocenters. The average molecular weight is 256 g/mol. The van der Waals surface area contributed by atoms with E-state index in [-0.39, 0.29) is 6.03 Å². The lowest BCUT2D eigenvalue weighted by molar-refractivity contribution is -0.141. The molecule has 1 unspecified atom stereocenters. The smallest absolute Gasteiger partial charge is 0.314 e. The largest absolute Gasteiger partial charge is 0.481 e. The maximum absolute atomic E-state index is 11.3. The number of carboxylic acid groups (broad SMARTS) is 1. The summed E-state index contributed by atoms with van der Waals surface area (Å²) in [5.41, 5.74) is 0. The number of aromatic nitrogens is 2. The van der Waals surface area contributed by atoms with E-state index in [0.717, 1.165) is 0 Å². The lowest BCUT2D eigenvalue weighted by atomic mass is 10.1. The van der Waals surface area contributed by atoms with Gasteiger partial charge in [0.1, 0.15) is 0 Å². The van der Waals surface area contributed by atoms with Crippen LogP contribution in [0.4, 0.5) is 4.79 Å². The third-order valence-corrected chi connectivity index (χ3v) is 2.32. The zero-order valence-corrected chi connectivity index (χ0v) is 10.0. The molecule has 3 N–H and O–H groups in total. The van der Waals surface area contributed by atoms with E-state index in [1.54, 1.807) is 6.92 Å². The Labute approximate surface area is 104 Å². The van der Waals surface area contributed by atoms with Crippen LogP contribution >= 0.6 is 0 Å². The number of rotatable bonds is 7. The highest BCUT2D eigenvalue weighted by Crippen LogP contribution is 1.99. The lowest BCUT2D eigenvalue weighted by Crippen LogP contribution is -2.37. The summed E-state index contributed by atoms with van der Waals surface area (Å²) >= 11 is 0. The minimum atomic E-state index is -0.867. The molecule has 0 spiro atoms. The number of carboxylic acids is 1. The molecule has 0 bridgehead atoms. The van der Waals surface area contributed by atoms with Crippen LogP contribution in [0.25, 0.3) is 0 Å². The number of nitrogens with one attached hydrogen (secondary N) is 2. The zero-order chi connectivity index (χ0) is 13.4. The van der Waals surface area contributed by atoms with Gasteiger partial charge in [-0.2, -0.15) is 4.98 Å². The maximum atomic E-state index is 11.3. The van der Waals surface area contributed by atoms with Crippen molar-refractivity contribution >= 4 is 12.0 Å². The van der Waals surface area contributed by atoms with Crippen molar-refractivity contribution in [2.75, 3.05) is 13.1 Å². The van der Waals surface area contributed by atoms with Crippen molar-refractivity contribution < 1.29 is 19.2 Å². The molecule has 0 aliphatic heterocycles. The van der Waals surface area contributed by atoms with Gasteiger partial charge in [0.15, 0.2) is 6.33 Å². The Morgan fingerprint density at radius 2 is 2.17 bits per heavy atom. The second-order valence-corrected chi connectivity index (χ2v) is 3.80. The fourth-order valence-electron chi connectivity index (χ4n) is 1.18. The van der Waals surface area contributed by atoms with Crippen LogP contribution in [0.15, 0.2) is 10.9 Å². The van der Waals surface area contributed by atoms with Gasteiger partial charge in [0.25, 0.3) is 0 Å². The summed E-state index contributed by atoms with van der Waals surface area (Å²) in [6.45, 7) is 2.29. The van der Waals surface area contributed by atoms with E-state index >= 15 is 0 Å². The van der Waals surface area contributed by atoms with Crippen molar-refractivity contribution in [3.8, 4) is 0 Å². The molecule has 18 heavy (non-hydrogen) atoms. The third-order valence-electron chi connectivity index (χ3n) is 2.32. The Morgan fingerprint density at radius 3 is 2.78 bits per heavy atom. The number of aliphatic carboxylic acids is 1. The van der Waals surface area contributed by atoms with E-state index in [1.165, 1.54) is 6.33 Å². The quantitative estimate of drug-likeness (QED) is 0.633. The predicted octanol–water partition coefficient (Wildman–Crippen LogP) is 0.0221. The first kappa shape index (κ1) is 13.9. The molecule has 8 nitrogen and oxygen atoms in total. The Hall–Kier alpha value is -2.12. The first-order valence-electron chi connectivity index (χ1n) is 5.59.